The number of nitrogens with one attached hydrogen (secondary N) is 3. The molecule has 1 aliphatic rings. The van der Waals surface area contributed by atoms with Crippen LogP contribution in [0.4, 0.5) is 31.5 Å². The summed E-state index contributed by atoms with van der Waals surface area (Å²) in [4.78, 5) is 37.4. The summed E-state index contributed by atoms with van der Waals surface area (Å²) in [5, 5.41) is 30.7. The van der Waals surface area contributed by atoms with E-state index in [1.54, 1.807) is 54.6 Å². The van der Waals surface area contributed by atoms with E-state index in [0.29, 0.717) is 39.3 Å². The molecule has 254 valence electrons. The van der Waals surface area contributed by atoms with E-state index >= 15 is 0 Å². The number of rotatable bonds is 10. The molecular formula is C38H32F2N4O6. The summed E-state index contributed by atoms with van der Waals surface area (Å²) < 4.78 is 33.9. The van der Waals surface area contributed by atoms with Gasteiger partial charge in [0.1, 0.15) is 17.4 Å². The second-order valence-corrected chi connectivity index (χ2v) is 12.2. The maximum atomic E-state index is 14.6. The summed E-state index contributed by atoms with van der Waals surface area (Å²) in [5.41, 5.74) is 3.20. The molecule has 4 N–H and O–H groups in total. The third-order valence-corrected chi connectivity index (χ3v) is 8.95. The Hall–Kier alpha value is -6.30. The summed E-state index contributed by atoms with van der Waals surface area (Å²) in [7, 11) is 1.35. The Kier molecular flexibility index (Phi) is 9.18. The van der Waals surface area contributed by atoms with Crippen LogP contribution in [-0.4, -0.2) is 35.5 Å². The number of carbonyl (C=O) groups is 2. The lowest BCUT2D eigenvalue weighted by Crippen LogP contribution is -2.39. The summed E-state index contributed by atoms with van der Waals surface area (Å²) in [6, 6.07) is 24.5. The van der Waals surface area contributed by atoms with Gasteiger partial charge in [0.2, 0.25) is 0 Å². The first-order valence-corrected chi connectivity index (χ1v) is 15.7. The second kappa shape index (κ2) is 13.7. The molecular weight excluding hydrogens is 646 g/mol. The van der Waals surface area contributed by atoms with Gasteiger partial charge in [-0.3, -0.25) is 19.7 Å². The first-order chi connectivity index (χ1) is 24.0. The Labute approximate surface area is 285 Å². The number of phenols is 1. The van der Waals surface area contributed by atoms with Crippen LogP contribution in [0.15, 0.2) is 97.1 Å². The molecule has 0 fully saturated rings. The van der Waals surface area contributed by atoms with Crippen LogP contribution in [0, 0.1) is 21.7 Å². The zero-order valence-corrected chi connectivity index (χ0v) is 27.1. The summed E-state index contributed by atoms with van der Waals surface area (Å²) in [5.74, 6) is -2.07. The number of fused-ring (bicyclic) bond motifs is 2. The van der Waals surface area contributed by atoms with Gasteiger partial charge in [0.05, 0.1) is 40.2 Å². The number of halogens is 2. The van der Waals surface area contributed by atoms with Gasteiger partial charge in [0.25, 0.3) is 11.8 Å². The average Bonchev–Trinajstić information content (AvgIpc) is 3.25. The minimum Gasteiger partial charge on any atom is -0.507 e. The number of anilines is 3. The van der Waals surface area contributed by atoms with Crippen LogP contribution in [0.5, 0.6) is 11.5 Å². The minimum absolute atomic E-state index is 0.0690. The SMILES string of the molecule is COc1cc(-c2ccc3c(c2)Nc2ccc(C(C)(CCc4cc(F)ccc4F)CNC(=O)c4ccccc4O)cc2NC3=O)ccc1[N+](=O)[O-]. The lowest BCUT2D eigenvalue weighted by Gasteiger charge is -2.32. The predicted molar refractivity (Wildman–Crippen MR) is 185 cm³/mol. The molecule has 0 saturated carbocycles. The van der Waals surface area contributed by atoms with Gasteiger partial charge in [-0.1, -0.05) is 31.2 Å². The molecule has 1 aliphatic heterocycles. The highest BCUT2D eigenvalue weighted by Gasteiger charge is 2.30. The van der Waals surface area contributed by atoms with Gasteiger partial charge >= 0.3 is 5.69 Å². The number of methoxy groups -OCH3 is 1. The zero-order valence-electron chi connectivity index (χ0n) is 27.1. The van der Waals surface area contributed by atoms with E-state index < -0.39 is 27.9 Å². The number of nitrogens with zero attached hydrogens (tertiary/aromatic N) is 1. The van der Waals surface area contributed by atoms with Crippen molar-refractivity contribution in [1.29, 1.82) is 0 Å². The number of para-hydroxylation sites is 1. The van der Waals surface area contributed by atoms with Crippen molar-refractivity contribution >= 4 is 34.6 Å². The number of hydrogen-bond acceptors (Lipinski definition) is 7. The molecule has 10 nitrogen and oxygen atoms in total. The Balaban J connectivity index is 1.32. The van der Waals surface area contributed by atoms with E-state index in [9.17, 15) is 33.6 Å². The van der Waals surface area contributed by atoms with Crippen molar-refractivity contribution in [2.75, 3.05) is 24.3 Å². The summed E-state index contributed by atoms with van der Waals surface area (Å²) in [6.07, 6.45) is 0.437. The zero-order chi connectivity index (χ0) is 35.6. The Bertz CT molecular complexity index is 2160. The first kappa shape index (κ1) is 33.6. The van der Waals surface area contributed by atoms with E-state index in [0.717, 1.165) is 18.2 Å². The van der Waals surface area contributed by atoms with Crippen LogP contribution >= 0.6 is 0 Å². The van der Waals surface area contributed by atoms with Crippen molar-refractivity contribution in [3.63, 3.8) is 0 Å². The maximum Gasteiger partial charge on any atom is 0.310 e. The highest BCUT2D eigenvalue weighted by molar-refractivity contribution is 6.12. The number of carbonyl (C=O) groups excluding carboxylic acids is 2. The number of nitro groups is 1. The molecule has 0 spiro atoms. The molecule has 5 aromatic carbocycles. The molecule has 0 bridgehead atoms. The number of phenolic OH excluding ortho intramolecular Hbond substituents is 1. The van der Waals surface area contributed by atoms with Crippen LogP contribution < -0.4 is 20.7 Å². The van der Waals surface area contributed by atoms with E-state index in [2.05, 4.69) is 16.0 Å². The first-order valence-electron chi connectivity index (χ1n) is 15.7. The third-order valence-electron chi connectivity index (χ3n) is 8.95. The topological polar surface area (TPSA) is 143 Å². The molecule has 6 rings (SSSR count). The number of amides is 2. The Morgan fingerprint density at radius 1 is 0.920 bits per heavy atom. The number of benzene rings is 5. The Morgan fingerprint density at radius 2 is 1.68 bits per heavy atom. The van der Waals surface area contributed by atoms with Gasteiger partial charge in [0, 0.05) is 18.0 Å². The van der Waals surface area contributed by atoms with E-state index in [1.807, 2.05) is 13.0 Å². The number of aromatic hydroxyl groups is 1. The highest BCUT2D eigenvalue weighted by atomic mass is 19.1. The van der Waals surface area contributed by atoms with Crippen molar-refractivity contribution in [3.8, 4) is 22.6 Å². The fourth-order valence-corrected chi connectivity index (χ4v) is 6.02. The van der Waals surface area contributed by atoms with Crippen molar-refractivity contribution in [2.45, 2.75) is 25.2 Å². The summed E-state index contributed by atoms with van der Waals surface area (Å²) >= 11 is 0. The lowest BCUT2D eigenvalue weighted by atomic mass is 9.77. The highest BCUT2D eigenvalue weighted by Crippen LogP contribution is 2.40. The number of ether oxygens (including phenoxy) is 1. The smallest absolute Gasteiger partial charge is 0.310 e. The van der Waals surface area contributed by atoms with E-state index in [-0.39, 0.29) is 53.6 Å². The second-order valence-electron chi connectivity index (χ2n) is 12.2. The molecule has 1 atom stereocenters. The Morgan fingerprint density at radius 3 is 2.44 bits per heavy atom. The molecule has 0 saturated heterocycles. The molecule has 1 unspecified atom stereocenters. The fourth-order valence-electron chi connectivity index (χ4n) is 6.02. The van der Waals surface area contributed by atoms with Crippen molar-refractivity contribution < 1.29 is 33.1 Å². The van der Waals surface area contributed by atoms with E-state index in [1.165, 1.54) is 25.3 Å². The molecule has 12 heteroatoms. The van der Waals surface area contributed by atoms with Gasteiger partial charge in [-0.05, 0) is 102 Å². The average molecular weight is 679 g/mol. The van der Waals surface area contributed by atoms with Crippen LogP contribution in [0.25, 0.3) is 11.1 Å². The minimum atomic E-state index is -0.847. The van der Waals surface area contributed by atoms with Crippen LogP contribution in [-0.2, 0) is 11.8 Å². The van der Waals surface area contributed by atoms with Gasteiger partial charge in [-0.15, -0.1) is 0 Å². The van der Waals surface area contributed by atoms with Crippen molar-refractivity contribution in [2.24, 2.45) is 0 Å². The van der Waals surface area contributed by atoms with Gasteiger partial charge in [-0.2, -0.15) is 0 Å². The van der Waals surface area contributed by atoms with Gasteiger partial charge in [0.15, 0.2) is 5.75 Å². The largest absolute Gasteiger partial charge is 0.507 e. The number of nitro benzene ring substituents is 1. The predicted octanol–water partition coefficient (Wildman–Crippen LogP) is 7.88. The molecule has 50 heavy (non-hydrogen) atoms. The lowest BCUT2D eigenvalue weighted by molar-refractivity contribution is -0.385. The fraction of sp³-hybridized carbons (Fsp3) is 0.158. The molecule has 1 heterocycles. The molecule has 0 aromatic heterocycles. The molecule has 5 aromatic rings. The van der Waals surface area contributed by atoms with Crippen molar-refractivity contribution in [3.05, 3.63) is 141 Å². The third kappa shape index (κ3) is 6.81. The normalized spacial score (nSPS) is 13.1. The monoisotopic (exact) mass is 678 g/mol. The van der Waals surface area contributed by atoms with E-state index in [4.69, 9.17) is 4.74 Å². The standard InChI is InChI=1S/C38H32F2N4O6/c1-38(16-15-24-17-26(39)10-12-29(24)40,21-41-36(46)28-5-3-4-6-34(28)45)25-9-13-30-32(20-25)43-37(47)27-11-7-22(18-31(27)42-30)23-8-14-33(44(48)49)35(19-23)50-2/h3-14,17-20,42,45H,15-16,21H2,1-2H3,(H,41,46)(H,43,47). The summed E-state index contributed by atoms with van der Waals surface area (Å²) in [6.45, 7) is 1.95. The van der Waals surface area contributed by atoms with Gasteiger partial charge in [-0.25, -0.2) is 8.78 Å². The number of aryl methyl sites for hydroxylation is 1. The van der Waals surface area contributed by atoms with Crippen LogP contribution in [0.2, 0.25) is 0 Å². The molecule has 0 aliphatic carbocycles. The quantitative estimate of drug-likeness (QED) is 0.0869. The van der Waals surface area contributed by atoms with Crippen LogP contribution in [0.3, 0.4) is 0 Å². The molecule has 2 amide bonds. The molecule has 0 radical (unpaired) electrons. The van der Waals surface area contributed by atoms with Crippen molar-refractivity contribution in [1.82, 2.24) is 5.32 Å². The van der Waals surface area contributed by atoms with Crippen LogP contribution in [0.1, 0.15) is 45.2 Å². The maximum absolute atomic E-state index is 14.6. The number of hydrogen-bond donors (Lipinski definition) is 4. The van der Waals surface area contributed by atoms with Gasteiger partial charge < -0.3 is 25.8 Å².